The highest BCUT2D eigenvalue weighted by atomic mass is 16.5. The van der Waals surface area contributed by atoms with Gasteiger partial charge in [0.25, 0.3) is 0 Å². The van der Waals surface area contributed by atoms with Crippen LogP contribution in [-0.2, 0) is 0 Å². The van der Waals surface area contributed by atoms with Crippen LogP contribution in [0.5, 0.6) is 11.8 Å². The molecule has 0 aliphatic carbocycles. The van der Waals surface area contributed by atoms with Crippen LogP contribution in [0.25, 0.3) is 33.4 Å². The molecule has 25 heavy (non-hydrogen) atoms. The van der Waals surface area contributed by atoms with Crippen molar-refractivity contribution >= 4 is 10.9 Å². The maximum Gasteiger partial charge on any atom is 0.222 e. The Hall–Kier alpha value is -3.54. The zero-order valence-electron chi connectivity index (χ0n) is 13.4. The number of aromatic nitrogens is 4. The van der Waals surface area contributed by atoms with E-state index in [2.05, 4.69) is 19.9 Å². The van der Waals surface area contributed by atoms with Gasteiger partial charge in [0.2, 0.25) is 11.8 Å². The number of benzene rings is 1. The maximum absolute atomic E-state index is 10.4. The van der Waals surface area contributed by atoms with E-state index >= 15 is 0 Å². The number of methoxy groups -OCH3 is 1. The van der Waals surface area contributed by atoms with Gasteiger partial charge in [0.05, 0.1) is 18.0 Å². The molecule has 0 saturated heterocycles. The Morgan fingerprint density at radius 2 is 1.80 bits per heavy atom. The summed E-state index contributed by atoms with van der Waals surface area (Å²) in [6.07, 6.45) is 5.07. The fraction of sp³-hybridized carbons (Fsp3) is 0.0526. The van der Waals surface area contributed by atoms with E-state index in [4.69, 9.17) is 4.74 Å². The first-order valence-electron chi connectivity index (χ1n) is 7.66. The van der Waals surface area contributed by atoms with E-state index in [0.29, 0.717) is 22.6 Å². The lowest BCUT2D eigenvalue weighted by Crippen LogP contribution is -1.92. The van der Waals surface area contributed by atoms with Crippen molar-refractivity contribution in [2.24, 2.45) is 0 Å². The Morgan fingerprint density at radius 1 is 0.920 bits per heavy atom. The number of nitrogens with zero attached hydrogens (tertiary/aromatic N) is 4. The van der Waals surface area contributed by atoms with Crippen LogP contribution in [-0.4, -0.2) is 32.2 Å². The van der Waals surface area contributed by atoms with E-state index < -0.39 is 0 Å². The van der Waals surface area contributed by atoms with E-state index in [9.17, 15) is 5.11 Å². The molecule has 0 atom stereocenters. The molecule has 122 valence electrons. The van der Waals surface area contributed by atoms with Gasteiger partial charge in [-0.05, 0) is 35.9 Å². The van der Waals surface area contributed by atoms with Crippen molar-refractivity contribution < 1.29 is 9.84 Å². The fourth-order valence-electron chi connectivity index (χ4n) is 2.59. The van der Waals surface area contributed by atoms with Gasteiger partial charge in [0, 0.05) is 35.8 Å². The SMILES string of the molecule is COc1ccc(-c2ccc3nc(-c4cccnc4)nc(O)c3c2)cn1. The van der Waals surface area contributed by atoms with Gasteiger partial charge in [0.1, 0.15) is 0 Å². The first kappa shape index (κ1) is 15.0. The summed E-state index contributed by atoms with van der Waals surface area (Å²) in [7, 11) is 1.58. The minimum Gasteiger partial charge on any atom is -0.493 e. The Balaban J connectivity index is 1.79. The third kappa shape index (κ3) is 2.85. The smallest absolute Gasteiger partial charge is 0.222 e. The molecule has 1 aromatic carbocycles. The highest BCUT2D eigenvalue weighted by Gasteiger charge is 2.10. The summed E-state index contributed by atoms with van der Waals surface area (Å²) in [4.78, 5) is 17.0. The summed E-state index contributed by atoms with van der Waals surface area (Å²) in [6.45, 7) is 0. The third-order valence-corrected chi connectivity index (χ3v) is 3.87. The van der Waals surface area contributed by atoms with Gasteiger partial charge < -0.3 is 9.84 Å². The molecule has 0 amide bonds. The molecule has 0 bridgehead atoms. The molecular formula is C19H14N4O2. The molecule has 0 saturated carbocycles. The monoisotopic (exact) mass is 330 g/mol. The van der Waals surface area contributed by atoms with Gasteiger partial charge in [-0.15, -0.1) is 0 Å². The van der Waals surface area contributed by atoms with E-state index in [1.54, 1.807) is 37.8 Å². The standard InChI is InChI=1S/C19H14N4O2/c1-25-17-7-5-13(11-21-17)12-4-6-16-15(9-12)19(24)23-18(22-16)14-3-2-8-20-10-14/h2-11H,1H3,(H,22,23,24). The summed E-state index contributed by atoms with van der Waals surface area (Å²) >= 11 is 0. The van der Waals surface area contributed by atoms with Crippen LogP contribution in [0.15, 0.2) is 61.1 Å². The van der Waals surface area contributed by atoms with Crippen LogP contribution in [0.4, 0.5) is 0 Å². The largest absolute Gasteiger partial charge is 0.493 e. The van der Waals surface area contributed by atoms with Crippen molar-refractivity contribution in [3.05, 3.63) is 61.1 Å². The molecule has 4 aromatic rings. The lowest BCUT2D eigenvalue weighted by atomic mass is 10.1. The van der Waals surface area contributed by atoms with Crippen molar-refractivity contribution in [1.82, 2.24) is 19.9 Å². The summed E-state index contributed by atoms with van der Waals surface area (Å²) in [5, 5.41) is 10.9. The maximum atomic E-state index is 10.4. The van der Waals surface area contributed by atoms with Gasteiger partial charge in [0.15, 0.2) is 5.82 Å². The highest BCUT2D eigenvalue weighted by molar-refractivity contribution is 5.89. The van der Waals surface area contributed by atoms with Crippen LogP contribution in [0, 0.1) is 0 Å². The minimum absolute atomic E-state index is 0.0628. The van der Waals surface area contributed by atoms with Crippen molar-refractivity contribution in [3.8, 4) is 34.3 Å². The zero-order chi connectivity index (χ0) is 17.2. The van der Waals surface area contributed by atoms with Crippen molar-refractivity contribution in [3.63, 3.8) is 0 Å². The molecule has 1 N–H and O–H groups in total. The number of hydrogen-bond acceptors (Lipinski definition) is 6. The van der Waals surface area contributed by atoms with Gasteiger partial charge in [-0.3, -0.25) is 4.98 Å². The summed E-state index contributed by atoms with van der Waals surface area (Å²) in [6, 6.07) is 13.0. The number of rotatable bonds is 3. The van der Waals surface area contributed by atoms with E-state index in [0.717, 1.165) is 16.7 Å². The summed E-state index contributed by atoms with van der Waals surface area (Å²) < 4.78 is 5.07. The van der Waals surface area contributed by atoms with Crippen LogP contribution in [0.2, 0.25) is 0 Å². The van der Waals surface area contributed by atoms with Gasteiger partial charge in [-0.2, -0.15) is 4.98 Å². The molecule has 0 aliphatic heterocycles. The average Bonchev–Trinajstić information content (AvgIpc) is 2.68. The second-order valence-corrected chi connectivity index (χ2v) is 5.43. The summed E-state index contributed by atoms with van der Waals surface area (Å²) in [5.74, 6) is 0.931. The van der Waals surface area contributed by atoms with Crippen molar-refractivity contribution in [2.75, 3.05) is 7.11 Å². The number of hydrogen-bond donors (Lipinski definition) is 1. The molecule has 0 spiro atoms. The zero-order valence-corrected chi connectivity index (χ0v) is 13.4. The number of fused-ring (bicyclic) bond motifs is 1. The molecule has 6 heteroatoms. The first-order chi connectivity index (χ1) is 12.2. The second-order valence-electron chi connectivity index (χ2n) is 5.43. The van der Waals surface area contributed by atoms with Crippen LogP contribution in [0.3, 0.4) is 0 Å². The molecule has 4 rings (SSSR count). The minimum atomic E-state index is -0.0628. The lowest BCUT2D eigenvalue weighted by Gasteiger charge is -2.07. The van der Waals surface area contributed by atoms with Crippen LogP contribution < -0.4 is 4.74 Å². The fourth-order valence-corrected chi connectivity index (χ4v) is 2.59. The Kier molecular flexibility index (Phi) is 3.70. The van der Waals surface area contributed by atoms with E-state index in [1.165, 1.54) is 0 Å². The third-order valence-electron chi connectivity index (χ3n) is 3.87. The molecule has 3 heterocycles. The van der Waals surface area contributed by atoms with E-state index in [-0.39, 0.29) is 5.88 Å². The summed E-state index contributed by atoms with van der Waals surface area (Å²) in [5.41, 5.74) is 3.24. The molecule has 0 unspecified atom stereocenters. The van der Waals surface area contributed by atoms with Gasteiger partial charge in [-0.25, -0.2) is 9.97 Å². The molecule has 0 radical (unpaired) electrons. The molecular weight excluding hydrogens is 316 g/mol. The molecule has 3 aromatic heterocycles. The molecule has 0 aliphatic rings. The molecule has 6 nitrogen and oxygen atoms in total. The molecule has 0 fully saturated rings. The predicted molar refractivity (Wildman–Crippen MR) is 94.2 cm³/mol. The number of aromatic hydroxyl groups is 1. The number of pyridine rings is 2. The number of ether oxygens (including phenoxy) is 1. The lowest BCUT2D eigenvalue weighted by molar-refractivity contribution is 0.398. The van der Waals surface area contributed by atoms with Crippen molar-refractivity contribution in [1.29, 1.82) is 0 Å². The van der Waals surface area contributed by atoms with Gasteiger partial charge >= 0.3 is 0 Å². The Bertz CT molecular complexity index is 1030. The van der Waals surface area contributed by atoms with Crippen LogP contribution >= 0.6 is 0 Å². The van der Waals surface area contributed by atoms with Crippen molar-refractivity contribution in [2.45, 2.75) is 0 Å². The van der Waals surface area contributed by atoms with Gasteiger partial charge in [-0.1, -0.05) is 6.07 Å². The average molecular weight is 330 g/mol. The first-order valence-corrected chi connectivity index (χ1v) is 7.66. The quantitative estimate of drug-likeness (QED) is 0.619. The second kappa shape index (κ2) is 6.16. The highest BCUT2D eigenvalue weighted by Crippen LogP contribution is 2.30. The topological polar surface area (TPSA) is 81.0 Å². The van der Waals surface area contributed by atoms with Crippen LogP contribution in [0.1, 0.15) is 0 Å². The normalized spacial score (nSPS) is 10.8. The van der Waals surface area contributed by atoms with E-state index in [1.807, 2.05) is 30.3 Å². The Morgan fingerprint density at radius 3 is 2.52 bits per heavy atom. The predicted octanol–water partition coefficient (Wildman–Crippen LogP) is 3.47. The Labute approximate surface area is 143 Å².